The van der Waals surface area contributed by atoms with Crippen molar-refractivity contribution in [3.8, 4) is 0 Å². The van der Waals surface area contributed by atoms with Crippen LogP contribution in [0, 0.1) is 5.41 Å². The normalized spacial score (nSPS) is 12.4. The minimum atomic E-state index is 0.232. The third-order valence-electron chi connectivity index (χ3n) is 1.30. The Morgan fingerprint density at radius 3 is 2.18 bits per heavy atom. The summed E-state index contributed by atoms with van der Waals surface area (Å²) >= 11 is 0. The molecule has 0 aliphatic carbocycles. The number of hydrogen-bond acceptors (Lipinski definition) is 1. The zero-order chi connectivity index (χ0) is 8.91. The first-order valence-corrected chi connectivity index (χ1v) is 4.06. The molecule has 0 aliphatic heterocycles. The average Bonchev–Trinajstić information content (AvgIpc) is 1.78. The van der Waals surface area contributed by atoms with Crippen molar-refractivity contribution in [3.63, 3.8) is 0 Å². The lowest BCUT2D eigenvalue weighted by Gasteiger charge is -2.14. The summed E-state index contributed by atoms with van der Waals surface area (Å²) in [6, 6.07) is 0. The van der Waals surface area contributed by atoms with Gasteiger partial charge in [-0.05, 0) is 18.8 Å². The zero-order valence-corrected chi connectivity index (χ0v) is 7.98. The molecule has 0 aromatic carbocycles. The molecule has 64 valence electrons. The van der Waals surface area contributed by atoms with Gasteiger partial charge in [0, 0.05) is 6.42 Å². The minimum absolute atomic E-state index is 0.232. The highest BCUT2D eigenvalue weighted by Crippen LogP contribution is 2.18. The summed E-state index contributed by atoms with van der Waals surface area (Å²) in [6.07, 6.45) is 5.66. The van der Waals surface area contributed by atoms with Crippen molar-refractivity contribution in [2.45, 2.75) is 40.5 Å². The van der Waals surface area contributed by atoms with E-state index in [-0.39, 0.29) is 5.78 Å². The Morgan fingerprint density at radius 1 is 1.27 bits per heavy atom. The quantitative estimate of drug-likeness (QED) is 0.571. The van der Waals surface area contributed by atoms with Crippen molar-refractivity contribution in [2.24, 2.45) is 5.41 Å². The van der Waals surface area contributed by atoms with Crippen LogP contribution in [-0.4, -0.2) is 5.78 Å². The molecule has 0 aliphatic rings. The van der Waals surface area contributed by atoms with Crippen LogP contribution in [0.25, 0.3) is 0 Å². The Labute approximate surface area is 69.5 Å². The van der Waals surface area contributed by atoms with Crippen LogP contribution < -0.4 is 0 Å². The lowest BCUT2D eigenvalue weighted by atomic mass is 9.92. The SMILES string of the molecule is CC(=O)C/C=C/CC(C)(C)C. The predicted octanol–water partition coefficient (Wildman–Crippen LogP) is 2.96. The molecule has 0 heterocycles. The average molecular weight is 154 g/mol. The van der Waals surface area contributed by atoms with Crippen LogP contribution >= 0.6 is 0 Å². The number of carbonyl (C=O) groups is 1. The highest BCUT2D eigenvalue weighted by molar-refractivity contribution is 5.76. The fourth-order valence-electron chi connectivity index (χ4n) is 0.686. The van der Waals surface area contributed by atoms with Gasteiger partial charge < -0.3 is 0 Å². The highest BCUT2D eigenvalue weighted by Gasteiger charge is 2.05. The van der Waals surface area contributed by atoms with Gasteiger partial charge in [-0.1, -0.05) is 32.9 Å². The summed E-state index contributed by atoms with van der Waals surface area (Å²) in [5, 5.41) is 0. The fourth-order valence-corrected chi connectivity index (χ4v) is 0.686. The molecule has 0 saturated carbocycles. The molecule has 0 aromatic rings. The molecular weight excluding hydrogens is 136 g/mol. The van der Waals surface area contributed by atoms with Gasteiger partial charge >= 0.3 is 0 Å². The molecule has 0 spiro atoms. The van der Waals surface area contributed by atoms with E-state index >= 15 is 0 Å². The molecule has 0 unspecified atom stereocenters. The van der Waals surface area contributed by atoms with Gasteiger partial charge in [-0.25, -0.2) is 0 Å². The number of ketones is 1. The Kier molecular flexibility index (Phi) is 4.09. The first kappa shape index (κ1) is 10.4. The van der Waals surface area contributed by atoms with Crippen molar-refractivity contribution < 1.29 is 4.79 Å². The number of Topliss-reactive ketones (excluding diaryl/α,β-unsaturated/α-hetero) is 1. The maximum atomic E-state index is 10.5. The summed E-state index contributed by atoms with van der Waals surface area (Å²) in [5.74, 6) is 0.232. The number of rotatable bonds is 3. The van der Waals surface area contributed by atoms with Gasteiger partial charge in [0.25, 0.3) is 0 Å². The molecule has 0 N–H and O–H groups in total. The molecule has 0 bridgehead atoms. The number of allylic oxidation sites excluding steroid dienone is 2. The molecule has 0 fully saturated rings. The molecule has 1 heteroatoms. The molecule has 0 amide bonds. The first-order chi connectivity index (χ1) is 4.92. The highest BCUT2D eigenvalue weighted by atomic mass is 16.1. The van der Waals surface area contributed by atoms with Crippen LogP contribution in [-0.2, 0) is 4.79 Å². The second-order valence-corrected chi connectivity index (χ2v) is 4.14. The van der Waals surface area contributed by atoms with E-state index in [1.165, 1.54) is 0 Å². The Morgan fingerprint density at radius 2 is 1.82 bits per heavy atom. The topological polar surface area (TPSA) is 17.1 Å². The first-order valence-electron chi connectivity index (χ1n) is 4.06. The van der Waals surface area contributed by atoms with E-state index in [0.717, 1.165) is 6.42 Å². The molecule has 0 aromatic heterocycles. The van der Waals surface area contributed by atoms with Crippen LogP contribution in [0.4, 0.5) is 0 Å². The van der Waals surface area contributed by atoms with Crippen molar-refractivity contribution in [3.05, 3.63) is 12.2 Å². The lowest BCUT2D eigenvalue weighted by molar-refractivity contribution is -0.116. The van der Waals surface area contributed by atoms with E-state index in [1.807, 2.05) is 6.08 Å². The van der Waals surface area contributed by atoms with Crippen LogP contribution in [0.2, 0.25) is 0 Å². The van der Waals surface area contributed by atoms with Gasteiger partial charge in [0.15, 0.2) is 0 Å². The van der Waals surface area contributed by atoms with Gasteiger partial charge in [-0.15, -0.1) is 0 Å². The smallest absolute Gasteiger partial charge is 0.133 e. The number of hydrogen-bond donors (Lipinski definition) is 0. The Hall–Kier alpha value is -0.590. The molecular formula is C10H18O. The molecule has 0 saturated heterocycles. The van der Waals surface area contributed by atoms with E-state index in [1.54, 1.807) is 6.92 Å². The molecule has 0 radical (unpaired) electrons. The van der Waals surface area contributed by atoms with Gasteiger partial charge in [0.2, 0.25) is 0 Å². The molecule has 0 atom stereocenters. The number of carbonyl (C=O) groups excluding carboxylic acids is 1. The van der Waals surface area contributed by atoms with E-state index in [9.17, 15) is 4.79 Å². The zero-order valence-electron chi connectivity index (χ0n) is 7.98. The lowest BCUT2D eigenvalue weighted by Crippen LogP contribution is -2.01. The van der Waals surface area contributed by atoms with Gasteiger partial charge in [0.05, 0.1) is 0 Å². The summed E-state index contributed by atoms with van der Waals surface area (Å²) in [6.45, 7) is 8.17. The standard InChI is InChI=1S/C10H18O/c1-9(11)7-5-6-8-10(2,3)4/h5-6H,7-8H2,1-4H3/b6-5+. The Bertz CT molecular complexity index is 149. The van der Waals surface area contributed by atoms with Crippen LogP contribution in [0.1, 0.15) is 40.5 Å². The van der Waals surface area contributed by atoms with Gasteiger partial charge in [-0.2, -0.15) is 0 Å². The second kappa shape index (κ2) is 4.32. The summed E-state index contributed by atoms with van der Waals surface area (Å²) in [4.78, 5) is 10.5. The van der Waals surface area contributed by atoms with Crippen molar-refractivity contribution in [1.29, 1.82) is 0 Å². The van der Waals surface area contributed by atoms with Crippen LogP contribution in [0.15, 0.2) is 12.2 Å². The maximum absolute atomic E-state index is 10.5. The van der Waals surface area contributed by atoms with Gasteiger partial charge in [-0.3, -0.25) is 4.79 Å². The summed E-state index contributed by atoms with van der Waals surface area (Å²) in [5.41, 5.74) is 0.341. The van der Waals surface area contributed by atoms with E-state index in [2.05, 4.69) is 26.8 Å². The Balaban J connectivity index is 3.53. The van der Waals surface area contributed by atoms with Crippen molar-refractivity contribution in [1.82, 2.24) is 0 Å². The van der Waals surface area contributed by atoms with Crippen LogP contribution in [0.5, 0.6) is 0 Å². The predicted molar refractivity (Wildman–Crippen MR) is 48.5 cm³/mol. The van der Waals surface area contributed by atoms with Gasteiger partial charge in [0.1, 0.15) is 5.78 Å². The third-order valence-corrected chi connectivity index (χ3v) is 1.30. The molecule has 11 heavy (non-hydrogen) atoms. The largest absolute Gasteiger partial charge is 0.300 e. The molecule has 1 nitrogen and oxygen atoms in total. The minimum Gasteiger partial charge on any atom is -0.300 e. The fraction of sp³-hybridized carbons (Fsp3) is 0.700. The second-order valence-electron chi connectivity index (χ2n) is 4.14. The third kappa shape index (κ3) is 9.41. The molecule has 0 rings (SSSR count). The monoisotopic (exact) mass is 154 g/mol. The van der Waals surface area contributed by atoms with E-state index in [4.69, 9.17) is 0 Å². The summed E-state index contributed by atoms with van der Waals surface area (Å²) in [7, 11) is 0. The maximum Gasteiger partial charge on any atom is 0.133 e. The van der Waals surface area contributed by atoms with E-state index < -0.39 is 0 Å². The van der Waals surface area contributed by atoms with Crippen LogP contribution in [0.3, 0.4) is 0 Å². The van der Waals surface area contributed by atoms with E-state index in [0.29, 0.717) is 11.8 Å². The summed E-state index contributed by atoms with van der Waals surface area (Å²) < 4.78 is 0. The van der Waals surface area contributed by atoms with Crippen molar-refractivity contribution >= 4 is 5.78 Å². The van der Waals surface area contributed by atoms with Crippen molar-refractivity contribution in [2.75, 3.05) is 0 Å².